The normalized spacial score (nSPS) is 11.8. The van der Waals surface area contributed by atoms with E-state index in [1.54, 1.807) is 14.0 Å². The smallest absolute Gasteiger partial charge is 0.312 e. The second-order valence-electron chi connectivity index (χ2n) is 4.49. The van der Waals surface area contributed by atoms with Crippen molar-refractivity contribution in [1.29, 1.82) is 0 Å². The average Bonchev–Trinajstić information content (AvgIpc) is 2.47. The molecule has 1 rings (SSSR count). The molecular formula is C14H16Cl2N4O4. The summed E-state index contributed by atoms with van der Waals surface area (Å²) in [5, 5.41) is 13.9. The summed E-state index contributed by atoms with van der Waals surface area (Å²) in [6, 6.07) is 2.76. The number of carbonyl (C=O) groups is 2. The summed E-state index contributed by atoms with van der Waals surface area (Å²) in [7, 11) is 1.57. The largest absolute Gasteiger partial charge is 0.481 e. The summed E-state index contributed by atoms with van der Waals surface area (Å²) in [5.41, 5.74) is 5.99. The Morgan fingerprint density at radius 2 is 1.96 bits per heavy atom. The van der Waals surface area contributed by atoms with E-state index < -0.39 is 18.3 Å². The molecule has 0 fully saturated rings. The van der Waals surface area contributed by atoms with E-state index in [0.717, 1.165) is 0 Å². The van der Waals surface area contributed by atoms with Crippen LogP contribution in [0.2, 0.25) is 10.0 Å². The summed E-state index contributed by atoms with van der Waals surface area (Å²) in [5.74, 6) is -1.28. The zero-order chi connectivity index (χ0) is 18.3. The van der Waals surface area contributed by atoms with Gasteiger partial charge in [-0.25, -0.2) is 0 Å². The highest BCUT2D eigenvalue weighted by atomic mass is 35.5. The van der Waals surface area contributed by atoms with E-state index in [1.165, 1.54) is 18.5 Å². The number of halogens is 2. The van der Waals surface area contributed by atoms with E-state index in [4.69, 9.17) is 38.8 Å². The van der Waals surface area contributed by atoms with Crippen molar-refractivity contribution in [3.8, 4) is 5.75 Å². The molecule has 1 amide bonds. The lowest BCUT2D eigenvalue weighted by molar-refractivity contribution is -0.139. The molecule has 0 saturated heterocycles. The molecule has 0 atom stereocenters. The van der Waals surface area contributed by atoms with Gasteiger partial charge in [-0.2, -0.15) is 0 Å². The first-order valence-electron chi connectivity index (χ1n) is 6.56. The Balaban J connectivity index is 2.96. The van der Waals surface area contributed by atoms with Gasteiger partial charge in [0.15, 0.2) is 5.75 Å². The van der Waals surface area contributed by atoms with Gasteiger partial charge in [0.2, 0.25) is 5.91 Å². The molecule has 1 aromatic rings. The molecule has 0 spiro atoms. The lowest BCUT2D eigenvalue weighted by Crippen LogP contribution is -2.21. The van der Waals surface area contributed by atoms with Gasteiger partial charge in [0.25, 0.3) is 0 Å². The average molecular weight is 375 g/mol. The number of anilines is 1. The maximum absolute atomic E-state index is 11.4. The Kier molecular flexibility index (Phi) is 7.34. The first-order valence-corrected chi connectivity index (χ1v) is 7.32. The van der Waals surface area contributed by atoms with Crippen molar-refractivity contribution in [2.24, 2.45) is 10.7 Å². The van der Waals surface area contributed by atoms with Crippen molar-refractivity contribution in [3.05, 3.63) is 33.8 Å². The molecule has 0 aliphatic rings. The maximum Gasteiger partial charge on any atom is 0.312 e. The van der Waals surface area contributed by atoms with Crippen LogP contribution in [-0.4, -0.2) is 30.4 Å². The van der Waals surface area contributed by atoms with Crippen LogP contribution in [0.1, 0.15) is 13.3 Å². The zero-order valence-electron chi connectivity index (χ0n) is 12.9. The number of allylic oxidation sites excluding steroid dienone is 1. The first-order chi connectivity index (χ1) is 11.2. The van der Waals surface area contributed by atoms with Crippen molar-refractivity contribution in [2.75, 3.05) is 12.4 Å². The van der Waals surface area contributed by atoms with Gasteiger partial charge < -0.3 is 26.2 Å². The van der Waals surface area contributed by atoms with Crippen LogP contribution < -0.4 is 21.1 Å². The van der Waals surface area contributed by atoms with E-state index in [9.17, 15) is 9.59 Å². The number of nitrogens with zero attached hydrogens (tertiary/aromatic N) is 1. The van der Waals surface area contributed by atoms with Gasteiger partial charge in [0, 0.05) is 12.7 Å². The molecule has 8 nitrogen and oxygen atoms in total. The van der Waals surface area contributed by atoms with Crippen LogP contribution in [-0.2, 0) is 9.59 Å². The number of aliphatic imine (C=N–C) groups is 1. The minimum atomic E-state index is -1.25. The molecule has 5 N–H and O–H groups in total. The highest BCUT2D eigenvalue weighted by molar-refractivity contribution is 6.37. The predicted molar refractivity (Wildman–Crippen MR) is 92.4 cm³/mol. The number of nitrogens with two attached hydrogens (primary N) is 1. The Morgan fingerprint density at radius 1 is 1.38 bits per heavy atom. The van der Waals surface area contributed by atoms with E-state index in [1.807, 2.05) is 0 Å². The summed E-state index contributed by atoms with van der Waals surface area (Å²) in [4.78, 5) is 25.6. The highest BCUT2D eigenvalue weighted by Crippen LogP contribution is 2.37. The number of carboxylic acids is 1. The number of ether oxygens (including phenoxy) is 1. The van der Waals surface area contributed by atoms with Crippen LogP contribution in [0.3, 0.4) is 0 Å². The third-order valence-electron chi connectivity index (χ3n) is 2.58. The minimum Gasteiger partial charge on any atom is -0.481 e. The molecule has 0 bridgehead atoms. The summed E-state index contributed by atoms with van der Waals surface area (Å²) < 4.78 is 5.52. The third kappa shape index (κ3) is 5.98. The molecule has 0 radical (unpaired) electrons. The quantitative estimate of drug-likeness (QED) is 0.250. The van der Waals surface area contributed by atoms with Crippen molar-refractivity contribution >= 4 is 47.1 Å². The van der Waals surface area contributed by atoms with Gasteiger partial charge in [-0.15, -0.1) is 0 Å². The molecule has 0 aliphatic heterocycles. The molecule has 0 aliphatic carbocycles. The Morgan fingerprint density at radius 3 is 2.46 bits per heavy atom. The zero-order valence-corrected chi connectivity index (χ0v) is 14.4. The van der Waals surface area contributed by atoms with E-state index in [2.05, 4.69) is 15.6 Å². The molecular weight excluding hydrogens is 359 g/mol. The fourth-order valence-electron chi connectivity index (χ4n) is 1.52. The highest BCUT2D eigenvalue weighted by Gasteiger charge is 2.14. The van der Waals surface area contributed by atoms with E-state index in [0.29, 0.717) is 5.76 Å². The number of aliphatic carboxylic acids is 1. The van der Waals surface area contributed by atoms with Crippen LogP contribution >= 0.6 is 23.2 Å². The first kappa shape index (κ1) is 19.6. The van der Waals surface area contributed by atoms with Gasteiger partial charge in [0.1, 0.15) is 18.0 Å². The Hall–Kier alpha value is -2.45. The standard InChI is InChI=1S/C14H16Cl2N4O4/c1-7(14(17)19-6-18-2)24-13-9(15)3-8(4-10(13)16)20-11(21)5-12(22)23/h3-4,6H,5,17H2,1-2H3,(H,18,19)(H,20,21)(H,22,23)/b14-7-. The summed E-state index contributed by atoms with van der Waals surface area (Å²) in [6.07, 6.45) is 0.711. The fourth-order valence-corrected chi connectivity index (χ4v) is 2.08. The lowest BCUT2D eigenvalue weighted by atomic mass is 10.2. The number of hydrogen-bond donors (Lipinski definition) is 4. The van der Waals surface area contributed by atoms with Crippen LogP contribution in [0, 0.1) is 0 Å². The third-order valence-corrected chi connectivity index (χ3v) is 3.14. The van der Waals surface area contributed by atoms with Gasteiger partial charge in [0.05, 0.1) is 16.4 Å². The number of rotatable bonds is 7. The number of carbonyl (C=O) groups excluding carboxylic acids is 1. The van der Waals surface area contributed by atoms with Gasteiger partial charge in [-0.3, -0.25) is 14.6 Å². The number of hydrogen-bond acceptors (Lipinski definition) is 5. The topological polar surface area (TPSA) is 126 Å². The van der Waals surface area contributed by atoms with Crippen molar-refractivity contribution in [1.82, 2.24) is 5.32 Å². The number of amides is 1. The van der Waals surface area contributed by atoms with Crippen molar-refractivity contribution in [2.45, 2.75) is 13.3 Å². The Labute approximate surface area is 148 Å². The maximum atomic E-state index is 11.4. The fraction of sp³-hybridized carbons (Fsp3) is 0.214. The predicted octanol–water partition coefficient (Wildman–Crippen LogP) is 2.18. The SMILES string of the molecule is CN=CN/C(N)=C(/C)Oc1c(Cl)cc(NC(=O)CC(=O)O)cc1Cl. The molecule has 0 heterocycles. The van der Waals surface area contributed by atoms with Gasteiger partial charge in [-0.05, 0) is 19.1 Å². The van der Waals surface area contributed by atoms with Gasteiger partial charge in [-0.1, -0.05) is 23.2 Å². The summed E-state index contributed by atoms with van der Waals surface area (Å²) in [6.45, 7) is 1.60. The summed E-state index contributed by atoms with van der Waals surface area (Å²) >= 11 is 12.2. The number of carboxylic acid groups (broad SMARTS) is 1. The minimum absolute atomic E-state index is 0.115. The van der Waals surface area contributed by atoms with Crippen LogP contribution in [0.4, 0.5) is 5.69 Å². The number of nitrogens with one attached hydrogen (secondary N) is 2. The van der Waals surface area contributed by atoms with Crippen molar-refractivity contribution < 1.29 is 19.4 Å². The molecule has 130 valence electrons. The van der Waals surface area contributed by atoms with E-state index in [-0.39, 0.29) is 27.3 Å². The molecule has 24 heavy (non-hydrogen) atoms. The van der Waals surface area contributed by atoms with Gasteiger partial charge >= 0.3 is 5.97 Å². The van der Waals surface area contributed by atoms with Crippen LogP contribution in [0.25, 0.3) is 0 Å². The van der Waals surface area contributed by atoms with E-state index >= 15 is 0 Å². The van der Waals surface area contributed by atoms with Crippen molar-refractivity contribution in [3.63, 3.8) is 0 Å². The Bertz CT molecular complexity index is 681. The van der Waals surface area contributed by atoms with Crippen LogP contribution in [0.15, 0.2) is 28.7 Å². The lowest BCUT2D eigenvalue weighted by Gasteiger charge is -2.14. The molecule has 10 heteroatoms. The second-order valence-corrected chi connectivity index (χ2v) is 5.31. The molecule has 0 aromatic heterocycles. The number of benzene rings is 1. The monoisotopic (exact) mass is 374 g/mol. The molecule has 1 aromatic carbocycles. The molecule has 0 unspecified atom stereocenters. The van der Waals surface area contributed by atoms with Crippen LogP contribution in [0.5, 0.6) is 5.75 Å². The molecule has 0 saturated carbocycles. The second kappa shape index (κ2) is 8.99.